The molecule has 3 aromatic carbocycles. The Morgan fingerprint density at radius 3 is 1.93 bits per heavy atom. The van der Waals surface area contributed by atoms with Gasteiger partial charge in [0.25, 0.3) is 5.69 Å². The van der Waals surface area contributed by atoms with E-state index in [2.05, 4.69) is 4.98 Å². The standard InChI is InChI=1S/C38H40N2O2/c1-37(2,3)25-21-24(22-26(23-25)38(4,5)6)27-17-11-18-32-30-15-9-7-13-28(30)29-14-8-10-16-31(29)33-19-12-20-34(40(41)42)36(33)39-35(27)32/h7,9,12-16,18-23,39H,8,10-11,17H2,1-6H3/i1D3,2D3,3D3,4D3,5D3,6D3. The fourth-order valence-electron chi connectivity index (χ4n) is 5.97. The maximum Gasteiger partial charge on any atom is 0.293 e. The highest BCUT2D eigenvalue weighted by atomic mass is 16.6. The lowest BCUT2D eigenvalue weighted by Crippen LogP contribution is -2.33. The van der Waals surface area contributed by atoms with Crippen LogP contribution in [-0.4, -0.2) is 9.91 Å². The first-order chi connectivity index (χ1) is 27.4. The van der Waals surface area contributed by atoms with Crippen molar-refractivity contribution in [3.8, 4) is 0 Å². The van der Waals surface area contributed by atoms with E-state index in [4.69, 9.17) is 24.7 Å². The average molecular weight is 575 g/mol. The minimum Gasteiger partial charge on any atom is -0.349 e. The number of H-pyrrole nitrogens is 1. The lowest BCUT2D eigenvalue weighted by molar-refractivity contribution is -0.383. The molecule has 4 aromatic rings. The number of nitrogens with one attached hydrogen (secondary N) is 1. The summed E-state index contributed by atoms with van der Waals surface area (Å²) in [5.41, 5.74) is -10.3. The summed E-state index contributed by atoms with van der Waals surface area (Å²) in [6.45, 7) is -23.6. The Kier molecular flexibility index (Phi) is 3.39. The number of nitrogens with zero attached hydrogens (tertiary/aromatic N) is 1. The molecule has 0 unspecified atom stereocenters. The number of fused-ring (bicyclic) bond motifs is 7. The second kappa shape index (κ2) is 10.3. The summed E-state index contributed by atoms with van der Waals surface area (Å²) >= 11 is 0. The summed E-state index contributed by atoms with van der Waals surface area (Å²) in [6, 6.07) is 14.0. The van der Waals surface area contributed by atoms with Gasteiger partial charge in [0.05, 0.1) is 10.3 Å². The Hall–Kier alpha value is -4.18. The van der Waals surface area contributed by atoms with E-state index in [1.807, 2.05) is 30.4 Å². The van der Waals surface area contributed by atoms with Gasteiger partial charge in [-0.2, -0.15) is 0 Å². The maximum absolute atomic E-state index is 12.7. The minimum absolute atomic E-state index is 0.0228. The van der Waals surface area contributed by atoms with Crippen molar-refractivity contribution in [3.05, 3.63) is 108 Å². The third kappa shape index (κ3) is 4.93. The van der Waals surface area contributed by atoms with E-state index < -0.39 is 68.0 Å². The van der Waals surface area contributed by atoms with Crippen LogP contribution in [-0.2, 0) is 10.8 Å². The molecule has 0 aliphatic heterocycles. The second-order valence-electron chi connectivity index (χ2n) is 10.7. The van der Waals surface area contributed by atoms with Crippen molar-refractivity contribution in [2.45, 2.75) is 77.6 Å². The number of rotatable bonds is 2. The molecule has 214 valence electrons. The summed E-state index contributed by atoms with van der Waals surface area (Å²) < 4.78 is 153. The van der Waals surface area contributed by atoms with Crippen molar-refractivity contribution in [2.24, 2.45) is 0 Å². The van der Waals surface area contributed by atoms with Crippen molar-refractivity contribution in [1.82, 2.24) is 4.98 Å². The van der Waals surface area contributed by atoms with Gasteiger partial charge in [0.2, 0.25) is 0 Å². The molecule has 0 atom stereocenters. The van der Waals surface area contributed by atoms with Crippen molar-refractivity contribution in [1.29, 1.82) is 0 Å². The normalized spacial score (nSPS) is 22.9. The third-order valence-corrected chi connectivity index (χ3v) is 7.90. The van der Waals surface area contributed by atoms with Gasteiger partial charge in [0, 0.05) is 41.3 Å². The van der Waals surface area contributed by atoms with Gasteiger partial charge in [-0.1, -0.05) is 114 Å². The van der Waals surface area contributed by atoms with E-state index in [1.54, 1.807) is 18.2 Å². The van der Waals surface area contributed by atoms with E-state index in [-0.39, 0.29) is 40.5 Å². The zero-order chi connectivity index (χ0) is 44.8. The van der Waals surface area contributed by atoms with Gasteiger partial charge in [-0.05, 0) is 80.0 Å². The van der Waals surface area contributed by atoms with Crippen LogP contribution in [0.3, 0.4) is 0 Å². The molecule has 4 nitrogen and oxygen atoms in total. The zero-order valence-corrected chi connectivity index (χ0v) is 22.6. The Morgan fingerprint density at radius 2 is 1.31 bits per heavy atom. The number of aromatic amines is 1. The number of benzene rings is 3. The number of nitro benzene ring substituents is 1. The first-order valence-corrected chi connectivity index (χ1v) is 13.6. The highest BCUT2D eigenvalue weighted by Crippen LogP contribution is 2.33. The van der Waals surface area contributed by atoms with Gasteiger partial charge in [0.15, 0.2) is 0 Å². The molecule has 6 rings (SSSR count). The van der Waals surface area contributed by atoms with Crippen LogP contribution in [0.2, 0.25) is 0 Å². The Bertz CT molecular complexity index is 2590. The molecule has 1 aromatic heterocycles. The summed E-state index contributed by atoms with van der Waals surface area (Å²) in [7, 11) is 0. The van der Waals surface area contributed by atoms with Gasteiger partial charge in [0.1, 0.15) is 5.52 Å². The SMILES string of the molecule is [2H]C([2H])([2H])C(c1cc(C2=c3[nH]c4c([N+](=O)[O-])cccc4c4c(c5ccccc5c3=CCC2)=CCCC=4)cc(C(C([2H])([2H])[2H])(C([2H])([2H])[2H])C([2H])([2H])[2H])c1)(C([2H])([2H])[2H])C([2H])([2H])[2H]. The molecule has 0 bridgehead atoms. The number of aromatic nitrogens is 1. The molecule has 42 heavy (non-hydrogen) atoms. The van der Waals surface area contributed by atoms with Gasteiger partial charge >= 0.3 is 0 Å². The predicted octanol–water partition coefficient (Wildman–Crippen LogP) is 7.08. The highest BCUT2D eigenvalue weighted by molar-refractivity contribution is 5.92. The number of nitro groups is 1. The molecule has 0 saturated carbocycles. The van der Waals surface area contributed by atoms with E-state index in [1.165, 1.54) is 12.1 Å². The smallest absolute Gasteiger partial charge is 0.293 e. The average Bonchev–Trinajstić information content (AvgIpc) is 3.13. The van der Waals surface area contributed by atoms with Gasteiger partial charge in [-0.25, -0.2) is 0 Å². The molecular formula is C38H40N2O2. The van der Waals surface area contributed by atoms with E-state index >= 15 is 0 Å². The Morgan fingerprint density at radius 1 is 0.738 bits per heavy atom. The summed E-state index contributed by atoms with van der Waals surface area (Å²) in [5.74, 6) is 0. The number of para-hydroxylation sites is 1. The van der Waals surface area contributed by atoms with Gasteiger partial charge < -0.3 is 4.98 Å². The lowest BCUT2D eigenvalue weighted by atomic mass is 9.78. The number of hydrogen-bond acceptors (Lipinski definition) is 2. The molecule has 1 heterocycles. The molecule has 0 radical (unpaired) electrons. The summed E-state index contributed by atoms with van der Waals surface area (Å²) in [6.07, 6.45) is 7.24. The molecule has 4 heteroatoms. The molecule has 2 aliphatic rings. The molecule has 0 fully saturated rings. The Labute approximate surface area is 272 Å². The quantitative estimate of drug-likeness (QED) is 0.206. The topological polar surface area (TPSA) is 58.9 Å². The van der Waals surface area contributed by atoms with Crippen LogP contribution in [0.25, 0.3) is 45.5 Å². The Balaban J connectivity index is 2.04. The molecule has 0 saturated heterocycles. The van der Waals surface area contributed by atoms with Crippen LogP contribution in [0.5, 0.6) is 0 Å². The van der Waals surface area contributed by atoms with Crippen molar-refractivity contribution < 1.29 is 29.6 Å². The van der Waals surface area contributed by atoms with Gasteiger partial charge in [-0.15, -0.1) is 0 Å². The third-order valence-electron chi connectivity index (χ3n) is 7.90. The second-order valence-corrected chi connectivity index (χ2v) is 10.7. The molecule has 1 N–H and O–H groups in total. The summed E-state index contributed by atoms with van der Waals surface area (Å²) in [4.78, 5) is 15.4. The van der Waals surface area contributed by atoms with E-state index in [9.17, 15) is 10.1 Å². The monoisotopic (exact) mass is 574 g/mol. The molecule has 2 aliphatic carbocycles. The number of hydrogen-bond donors (Lipinski definition) is 1. The lowest BCUT2D eigenvalue weighted by Gasteiger charge is -2.27. The fourth-order valence-corrected chi connectivity index (χ4v) is 5.97. The van der Waals surface area contributed by atoms with Crippen LogP contribution < -0.4 is 21.0 Å². The minimum atomic E-state index is -3.93. The first-order valence-electron chi connectivity index (χ1n) is 22.6. The van der Waals surface area contributed by atoms with Gasteiger partial charge in [-0.3, -0.25) is 10.1 Å². The maximum atomic E-state index is 12.7. The number of non-ortho nitro benzene ring substituents is 1. The highest BCUT2D eigenvalue weighted by Gasteiger charge is 2.23. The van der Waals surface area contributed by atoms with Crippen LogP contribution in [0.15, 0.2) is 60.7 Å². The predicted molar refractivity (Wildman–Crippen MR) is 177 cm³/mol. The van der Waals surface area contributed by atoms with Crippen molar-refractivity contribution >= 4 is 51.2 Å². The summed E-state index contributed by atoms with van der Waals surface area (Å²) in [5, 5.41) is 16.5. The van der Waals surface area contributed by atoms with Crippen LogP contribution in [0.4, 0.5) is 5.69 Å². The fraction of sp³-hybridized carbons (Fsp3) is 0.316. The van der Waals surface area contributed by atoms with Crippen LogP contribution in [0, 0.1) is 10.1 Å². The molecular weight excluding hydrogens is 516 g/mol. The van der Waals surface area contributed by atoms with E-state index in [0.29, 0.717) is 40.1 Å². The largest absolute Gasteiger partial charge is 0.349 e. The van der Waals surface area contributed by atoms with Crippen molar-refractivity contribution in [2.75, 3.05) is 0 Å². The zero-order valence-electron chi connectivity index (χ0n) is 40.6. The van der Waals surface area contributed by atoms with Crippen LogP contribution in [0.1, 0.15) is 108 Å². The first kappa shape index (κ1) is 13.9. The van der Waals surface area contributed by atoms with Crippen LogP contribution >= 0.6 is 0 Å². The molecule has 0 spiro atoms. The molecule has 0 amide bonds. The van der Waals surface area contributed by atoms with Crippen molar-refractivity contribution in [3.63, 3.8) is 0 Å². The van der Waals surface area contributed by atoms with E-state index in [0.717, 1.165) is 22.7 Å².